The van der Waals surface area contributed by atoms with Gasteiger partial charge in [0, 0.05) is 36.4 Å². The first-order valence-electron chi connectivity index (χ1n) is 8.16. The standard InChI is InChI=1S/C18H19N3O3/c1-23-17-7-2-11(10-19-17)18-14(8-9-24-18)21-16-6-3-12-13(20-16)4-5-15(12)22/h2-3,6-7,10,14,18H,4-5,8-9H2,1H3,(H,20,21)/t14-,18+/m1/s1. The van der Waals surface area contributed by atoms with E-state index in [1.807, 2.05) is 24.3 Å². The minimum Gasteiger partial charge on any atom is -0.481 e. The van der Waals surface area contributed by atoms with Crippen molar-refractivity contribution in [3.63, 3.8) is 0 Å². The second-order valence-corrected chi connectivity index (χ2v) is 6.08. The van der Waals surface area contributed by atoms with Gasteiger partial charge in [0.25, 0.3) is 0 Å². The predicted octanol–water partition coefficient (Wildman–Crippen LogP) is 2.56. The van der Waals surface area contributed by atoms with Crippen LogP contribution < -0.4 is 10.1 Å². The number of aromatic nitrogens is 2. The summed E-state index contributed by atoms with van der Waals surface area (Å²) in [5, 5.41) is 3.46. The normalized spacial score (nSPS) is 22.5. The molecule has 24 heavy (non-hydrogen) atoms. The van der Waals surface area contributed by atoms with Gasteiger partial charge in [0.05, 0.1) is 18.8 Å². The van der Waals surface area contributed by atoms with E-state index in [1.54, 1.807) is 13.3 Å². The number of nitrogens with zero attached hydrogens (tertiary/aromatic N) is 2. The summed E-state index contributed by atoms with van der Waals surface area (Å²) in [7, 11) is 1.60. The zero-order valence-corrected chi connectivity index (χ0v) is 13.5. The number of hydrogen-bond acceptors (Lipinski definition) is 6. The van der Waals surface area contributed by atoms with Gasteiger partial charge >= 0.3 is 0 Å². The van der Waals surface area contributed by atoms with Crippen LogP contribution in [0, 0.1) is 0 Å². The Morgan fingerprint density at radius 1 is 1.25 bits per heavy atom. The van der Waals surface area contributed by atoms with E-state index in [0.29, 0.717) is 18.9 Å². The fourth-order valence-corrected chi connectivity index (χ4v) is 3.33. The van der Waals surface area contributed by atoms with Gasteiger partial charge in [-0.3, -0.25) is 4.79 Å². The summed E-state index contributed by atoms with van der Waals surface area (Å²) in [5.41, 5.74) is 2.67. The third kappa shape index (κ3) is 2.73. The van der Waals surface area contributed by atoms with Crippen LogP contribution in [0.4, 0.5) is 5.82 Å². The van der Waals surface area contributed by atoms with Crippen LogP contribution in [-0.4, -0.2) is 35.5 Å². The Hall–Kier alpha value is -2.47. The molecule has 2 aromatic rings. The van der Waals surface area contributed by atoms with Gasteiger partial charge in [-0.1, -0.05) is 0 Å². The van der Waals surface area contributed by atoms with Gasteiger partial charge in [-0.05, 0) is 31.0 Å². The molecule has 0 spiro atoms. The number of methoxy groups -OCH3 is 1. The van der Waals surface area contributed by atoms with Crippen LogP contribution in [0.25, 0.3) is 0 Å². The fourth-order valence-electron chi connectivity index (χ4n) is 3.33. The van der Waals surface area contributed by atoms with E-state index >= 15 is 0 Å². The molecule has 1 N–H and O–H groups in total. The van der Waals surface area contributed by atoms with Crippen LogP contribution in [0.2, 0.25) is 0 Å². The molecular formula is C18H19N3O3. The Balaban J connectivity index is 1.52. The lowest BCUT2D eigenvalue weighted by atomic mass is 10.0. The molecule has 1 saturated heterocycles. The second-order valence-electron chi connectivity index (χ2n) is 6.08. The number of ketones is 1. The monoisotopic (exact) mass is 325 g/mol. The third-order valence-electron chi connectivity index (χ3n) is 4.59. The molecule has 0 saturated carbocycles. The summed E-state index contributed by atoms with van der Waals surface area (Å²) in [6.07, 6.45) is 3.92. The molecule has 2 aliphatic rings. The van der Waals surface area contributed by atoms with Crippen LogP contribution >= 0.6 is 0 Å². The number of pyridine rings is 2. The molecule has 6 heteroatoms. The van der Waals surface area contributed by atoms with Gasteiger partial charge in [-0.15, -0.1) is 0 Å². The van der Waals surface area contributed by atoms with Crippen molar-refractivity contribution in [3.05, 3.63) is 47.3 Å². The molecule has 1 aliphatic carbocycles. The van der Waals surface area contributed by atoms with Crippen LogP contribution in [0.5, 0.6) is 5.88 Å². The van der Waals surface area contributed by atoms with Crippen molar-refractivity contribution in [1.29, 1.82) is 0 Å². The first-order chi connectivity index (χ1) is 11.7. The average Bonchev–Trinajstić information content (AvgIpc) is 3.22. The number of hydrogen-bond donors (Lipinski definition) is 1. The Bertz CT molecular complexity index is 761. The first-order valence-corrected chi connectivity index (χ1v) is 8.16. The van der Waals surface area contributed by atoms with Crippen molar-refractivity contribution in [2.45, 2.75) is 31.4 Å². The van der Waals surface area contributed by atoms with E-state index in [9.17, 15) is 4.79 Å². The van der Waals surface area contributed by atoms with Crippen molar-refractivity contribution in [2.75, 3.05) is 19.0 Å². The van der Waals surface area contributed by atoms with Gasteiger partial charge in [-0.25, -0.2) is 9.97 Å². The van der Waals surface area contributed by atoms with Crippen LogP contribution in [0.1, 0.15) is 40.6 Å². The van der Waals surface area contributed by atoms with Crippen molar-refractivity contribution in [2.24, 2.45) is 0 Å². The lowest BCUT2D eigenvalue weighted by Gasteiger charge is -2.21. The van der Waals surface area contributed by atoms with E-state index in [0.717, 1.165) is 35.5 Å². The van der Waals surface area contributed by atoms with Gasteiger partial charge in [-0.2, -0.15) is 0 Å². The van der Waals surface area contributed by atoms with Crippen LogP contribution in [0.3, 0.4) is 0 Å². The molecule has 3 heterocycles. The zero-order valence-electron chi connectivity index (χ0n) is 13.5. The molecule has 0 radical (unpaired) electrons. The number of ether oxygens (including phenoxy) is 2. The lowest BCUT2D eigenvalue weighted by molar-refractivity contribution is 0.0994. The smallest absolute Gasteiger partial charge is 0.212 e. The number of rotatable bonds is 4. The number of carbonyl (C=O) groups is 1. The van der Waals surface area contributed by atoms with Crippen molar-refractivity contribution in [1.82, 2.24) is 9.97 Å². The molecule has 1 aliphatic heterocycles. The highest BCUT2D eigenvalue weighted by molar-refractivity contribution is 6.00. The number of anilines is 1. The zero-order chi connectivity index (χ0) is 16.5. The molecule has 6 nitrogen and oxygen atoms in total. The van der Waals surface area contributed by atoms with E-state index in [-0.39, 0.29) is 17.9 Å². The minimum atomic E-state index is -0.0694. The summed E-state index contributed by atoms with van der Waals surface area (Å²) in [5.74, 6) is 1.58. The number of carbonyl (C=O) groups excluding carboxylic acids is 1. The molecule has 4 rings (SSSR count). The van der Waals surface area contributed by atoms with E-state index in [4.69, 9.17) is 9.47 Å². The third-order valence-corrected chi connectivity index (χ3v) is 4.59. The van der Waals surface area contributed by atoms with Gasteiger partial charge in [0.15, 0.2) is 5.78 Å². The van der Waals surface area contributed by atoms with Gasteiger partial charge in [0.2, 0.25) is 5.88 Å². The molecule has 0 aromatic carbocycles. The maximum atomic E-state index is 11.7. The molecule has 0 amide bonds. The molecule has 0 bridgehead atoms. The van der Waals surface area contributed by atoms with Gasteiger partial charge < -0.3 is 14.8 Å². The van der Waals surface area contributed by atoms with Crippen molar-refractivity contribution in [3.8, 4) is 5.88 Å². The Morgan fingerprint density at radius 2 is 2.17 bits per heavy atom. The van der Waals surface area contributed by atoms with Crippen molar-refractivity contribution >= 4 is 11.6 Å². The highest BCUT2D eigenvalue weighted by Crippen LogP contribution is 2.32. The molecule has 124 valence electrons. The number of Topliss-reactive ketones (excluding diaryl/α,β-unsaturated/α-hetero) is 1. The maximum Gasteiger partial charge on any atom is 0.212 e. The lowest BCUT2D eigenvalue weighted by Crippen LogP contribution is -2.24. The Labute approximate surface area is 140 Å². The molecule has 2 aromatic heterocycles. The fraction of sp³-hybridized carbons (Fsp3) is 0.389. The van der Waals surface area contributed by atoms with Crippen LogP contribution in [0.15, 0.2) is 30.5 Å². The van der Waals surface area contributed by atoms with E-state index < -0.39 is 0 Å². The summed E-state index contributed by atoms with van der Waals surface area (Å²) < 4.78 is 11.0. The van der Waals surface area contributed by atoms with Crippen LogP contribution in [-0.2, 0) is 11.2 Å². The average molecular weight is 325 g/mol. The molecule has 2 atom stereocenters. The summed E-state index contributed by atoms with van der Waals surface area (Å²) >= 11 is 0. The molecule has 0 unspecified atom stereocenters. The first kappa shape index (κ1) is 15.1. The number of aryl methyl sites for hydroxylation is 1. The largest absolute Gasteiger partial charge is 0.481 e. The quantitative estimate of drug-likeness (QED) is 0.931. The topological polar surface area (TPSA) is 73.3 Å². The maximum absolute atomic E-state index is 11.7. The summed E-state index contributed by atoms with van der Waals surface area (Å²) in [4.78, 5) is 20.6. The van der Waals surface area contributed by atoms with Crippen molar-refractivity contribution < 1.29 is 14.3 Å². The predicted molar refractivity (Wildman–Crippen MR) is 88.4 cm³/mol. The second kappa shape index (κ2) is 6.20. The van der Waals surface area contributed by atoms with Gasteiger partial charge in [0.1, 0.15) is 11.9 Å². The summed E-state index contributed by atoms with van der Waals surface area (Å²) in [6, 6.07) is 7.70. The Morgan fingerprint density at radius 3 is 2.96 bits per heavy atom. The van der Waals surface area contributed by atoms with E-state index in [1.165, 1.54) is 0 Å². The minimum absolute atomic E-state index is 0.0694. The highest BCUT2D eigenvalue weighted by atomic mass is 16.5. The molecular weight excluding hydrogens is 306 g/mol. The SMILES string of the molecule is COc1ccc([C@@H]2OCC[C@H]2Nc2ccc3c(n2)CCC3=O)cn1. The summed E-state index contributed by atoms with van der Waals surface area (Å²) in [6.45, 7) is 0.692. The highest BCUT2D eigenvalue weighted by Gasteiger charge is 2.30. The Kier molecular flexibility index (Phi) is 3.90. The molecule has 1 fully saturated rings. The number of fused-ring (bicyclic) bond motifs is 1. The van der Waals surface area contributed by atoms with E-state index in [2.05, 4.69) is 15.3 Å². The number of nitrogens with one attached hydrogen (secondary N) is 1.